The number of amides is 1. The maximum atomic E-state index is 12.0. The van der Waals surface area contributed by atoms with Gasteiger partial charge in [0.2, 0.25) is 0 Å². The van der Waals surface area contributed by atoms with Crippen LogP contribution < -0.4 is 5.32 Å². The molecule has 0 unspecified atom stereocenters. The van der Waals surface area contributed by atoms with Crippen LogP contribution in [0.25, 0.3) is 0 Å². The number of rotatable bonds is 4. The van der Waals surface area contributed by atoms with Crippen LogP contribution >= 0.6 is 0 Å². The standard InChI is InChI=1S/C14H19N3O2/c1-5-17-10(3)13(9(2)16-17)8-15-14(18)12-6-7-19-11(12)4/h6-7H,5,8H2,1-4H3,(H,15,18). The highest BCUT2D eigenvalue weighted by Gasteiger charge is 2.14. The first-order valence-electron chi connectivity index (χ1n) is 6.39. The van der Waals surface area contributed by atoms with Crippen LogP contribution in [0.2, 0.25) is 0 Å². The van der Waals surface area contributed by atoms with Gasteiger partial charge in [-0.25, -0.2) is 0 Å². The van der Waals surface area contributed by atoms with Gasteiger partial charge in [0.25, 0.3) is 5.91 Å². The Kier molecular flexibility index (Phi) is 3.74. The highest BCUT2D eigenvalue weighted by molar-refractivity contribution is 5.94. The predicted molar refractivity (Wildman–Crippen MR) is 72.0 cm³/mol. The number of aryl methyl sites for hydroxylation is 3. The smallest absolute Gasteiger partial charge is 0.255 e. The highest BCUT2D eigenvalue weighted by atomic mass is 16.3. The van der Waals surface area contributed by atoms with Crippen molar-refractivity contribution in [2.75, 3.05) is 0 Å². The number of hydrogen-bond donors (Lipinski definition) is 1. The highest BCUT2D eigenvalue weighted by Crippen LogP contribution is 2.14. The maximum absolute atomic E-state index is 12.0. The van der Waals surface area contributed by atoms with Crippen molar-refractivity contribution in [3.63, 3.8) is 0 Å². The minimum absolute atomic E-state index is 0.116. The first-order valence-corrected chi connectivity index (χ1v) is 6.39. The molecule has 2 rings (SSSR count). The summed E-state index contributed by atoms with van der Waals surface area (Å²) < 4.78 is 7.07. The Morgan fingerprint density at radius 1 is 1.42 bits per heavy atom. The SMILES string of the molecule is CCn1nc(C)c(CNC(=O)c2ccoc2C)c1C. The summed E-state index contributed by atoms with van der Waals surface area (Å²) in [5, 5.41) is 7.34. The van der Waals surface area contributed by atoms with E-state index in [9.17, 15) is 4.79 Å². The summed E-state index contributed by atoms with van der Waals surface area (Å²) in [6.07, 6.45) is 1.52. The van der Waals surface area contributed by atoms with E-state index in [4.69, 9.17) is 4.42 Å². The van der Waals surface area contributed by atoms with Crippen molar-refractivity contribution in [2.45, 2.75) is 40.8 Å². The number of nitrogens with one attached hydrogen (secondary N) is 1. The molecule has 2 aromatic heterocycles. The van der Waals surface area contributed by atoms with Gasteiger partial charge in [-0.1, -0.05) is 0 Å². The molecule has 2 aromatic rings. The molecule has 0 aliphatic carbocycles. The second-order valence-electron chi connectivity index (χ2n) is 4.54. The second kappa shape index (κ2) is 5.30. The fraction of sp³-hybridized carbons (Fsp3) is 0.429. The number of furan rings is 1. The zero-order valence-corrected chi connectivity index (χ0v) is 11.8. The molecule has 2 heterocycles. The van der Waals surface area contributed by atoms with Crippen LogP contribution in [0.1, 0.15) is 40.0 Å². The molecule has 0 spiro atoms. The van der Waals surface area contributed by atoms with Gasteiger partial charge in [0.1, 0.15) is 5.76 Å². The Morgan fingerprint density at radius 2 is 2.16 bits per heavy atom. The van der Waals surface area contributed by atoms with E-state index in [0.717, 1.165) is 23.5 Å². The molecular formula is C14H19N3O2. The molecule has 0 aromatic carbocycles. The molecule has 5 nitrogen and oxygen atoms in total. The molecule has 0 saturated carbocycles. The average Bonchev–Trinajstić information content (AvgIpc) is 2.92. The largest absolute Gasteiger partial charge is 0.469 e. The summed E-state index contributed by atoms with van der Waals surface area (Å²) in [4.78, 5) is 12.0. The predicted octanol–water partition coefficient (Wildman–Crippen LogP) is 2.35. The number of carbonyl (C=O) groups is 1. The Hall–Kier alpha value is -2.04. The molecule has 0 atom stereocenters. The van der Waals surface area contributed by atoms with Crippen molar-refractivity contribution in [1.29, 1.82) is 0 Å². The van der Waals surface area contributed by atoms with Gasteiger partial charge in [0, 0.05) is 24.3 Å². The molecular weight excluding hydrogens is 242 g/mol. The zero-order valence-electron chi connectivity index (χ0n) is 11.8. The fourth-order valence-corrected chi connectivity index (χ4v) is 2.18. The van der Waals surface area contributed by atoms with Gasteiger partial charge in [0.05, 0.1) is 17.5 Å². The van der Waals surface area contributed by atoms with E-state index in [-0.39, 0.29) is 5.91 Å². The lowest BCUT2D eigenvalue weighted by Gasteiger charge is -2.05. The summed E-state index contributed by atoms with van der Waals surface area (Å²) in [6, 6.07) is 1.68. The number of aromatic nitrogens is 2. The third-order valence-corrected chi connectivity index (χ3v) is 3.36. The molecule has 1 N–H and O–H groups in total. The van der Waals surface area contributed by atoms with E-state index in [1.165, 1.54) is 6.26 Å². The lowest BCUT2D eigenvalue weighted by atomic mass is 10.2. The Labute approximate surface area is 112 Å². The number of nitrogens with zero attached hydrogens (tertiary/aromatic N) is 2. The van der Waals surface area contributed by atoms with Gasteiger partial charge in [-0.15, -0.1) is 0 Å². The monoisotopic (exact) mass is 261 g/mol. The van der Waals surface area contributed by atoms with Gasteiger partial charge in [0.15, 0.2) is 0 Å². The van der Waals surface area contributed by atoms with E-state index < -0.39 is 0 Å². The van der Waals surface area contributed by atoms with Crippen molar-refractivity contribution < 1.29 is 9.21 Å². The minimum Gasteiger partial charge on any atom is -0.469 e. The van der Waals surface area contributed by atoms with Crippen molar-refractivity contribution in [3.05, 3.63) is 40.6 Å². The topological polar surface area (TPSA) is 60.1 Å². The van der Waals surface area contributed by atoms with Crippen LogP contribution in [0.4, 0.5) is 0 Å². The number of carbonyl (C=O) groups excluding carboxylic acids is 1. The van der Waals surface area contributed by atoms with Crippen LogP contribution in [0.3, 0.4) is 0 Å². The fourth-order valence-electron chi connectivity index (χ4n) is 2.18. The van der Waals surface area contributed by atoms with Gasteiger partial charge in [-0.2, -0.15) is 5.10 Å². The van der Waals surface area contributed by atoms with E-state index in [1.54, 1.807) is 13.0 Å². The Bertz CT molecular complexity index is 596. The molecule has 102 valence electrons. The molecule has 0 saturated heterocycles. The molecule has 19 heavy (non-hydrogen) atoms. The summed E-state index contributed by atoms with van der Waals surface area (Å²) in [5.41, 5.74) is 3.72. The van der Waals surface area contributed by atoms with Crippen LogP contribution in [-0.4, -0.2) is 15.7 Å². The third-order valence-electron chi connectivity index (χ3n) is 3.36. The molecule has 0 radical (unpaired) electrons. The molecule has 1 amide bonds. The van der Waals surface area contributed by atoms with Gasteiger partial charge < -0.3 is 9.73 Å². The van der Waals surface area contributed by atoms with E-state index >= 15 is 0 Å². The maximum Gasteiger partial charge on any atom is 0.255 e. The van der Waals surface area contributed by atoms with E-state index in [0.29, 0.717) is 17.9 Å². The molecule has 0 aliphatic heterocycles. The Morgan fingerprint density at radius 3 is 2.68 bits per heavy atom. The summed E-state index contributed by atoms with van der Waals surface area (Å²) >= 11 is 0. The van der Waals surface area contributed by atoms with Crippen LogP contribution in [0.15, 0.2) is 16.7 Å². The van der Waals surface area contributed by atoms with Gasteiger partial charge in [-0.3, -0.25) is 9.48 Å². The van der Waals surface area contributed by atoms with E-state index in [2.05, 4.69) is 17.3 Å². The quantitative estimate of drug-likeness (QED) is 0.919. The Balaban J connectivity index is 2.09. The van der Waals surface area contributed by atoms with Crippen LogP contribution in [-0.2, 0) is 13.1 Å². The first kappa shape index (κ1) is 13.4. The molecule has 0 fully saturated rings. The van der Waals surface area contributed by atoms with Crippen molar-refractivity contribution >= 4 is 5.91 Å². The lowest BCUT2D eigenvalue weighted by molar-refractivity contribution is 0.0949. The molecule has 5 heteroatoms. The van der Waals surface area contributed by atoms with Crippen molar-refractivity contribution in [1.82, 2.24) is 15.1 Å². The molecule has 0 aliphatic rings. The van der Waals surface area contributed by atoms with Crippen molar-refractivity contribution in [3.8, 4) is 0 Å². The van der Waals surface area contributed by atoms with Gasteiger partial charge >= 0.3 is 0 Å². The van der Waals surface area contributed by atoms with Crippen LogP contribution in [0, 0.1) is 20.8 Å². The zero-order chi connectivity index (χ0) is 14.0. The summed E-state index contributed by atoms with van der Waals surface area (Å²) in [7, 11) is 0. The second-order valence-corrected chi connectivity index (χ2v) is 4.54. The molecule has 0 bridgehead atoms. The lowest BCUT2D eigenvalue weighted by Crippen LogP contribution is -2.23. The van der Waals surface area contributed by atoms with Crippen molar-refractivity contribution in [2.24, 2.45) is 0 Å². The van der Waals surface area contributed by atoms with Gasteiger partial charge in [-0.05, 0) is 33.8 Å². The van der Waals surface area contributed by atoms with Crippen LogP contribution in [0.5, 0.6) is 0 Å². The minimum atomic E-state index is -0.116. The first-order chi connectivity index (χ1) is 9.04. The summed E-state index contributed by atoms with van der Waals surface area (Å²) in [5.74, 6) is 0.518. The number of hydrogen-bond acceptors (Lipinski definition) is 3. The third kappa shape index (κ3) is 2.54. The normalized spacial score (nSPS) is 10.7. The summed E-state index contributed by atoms with van der Waals surface area (Å²) in [6.45, 7) is 9.14. The van der Waals surface area contributed by atoms with E-state index in [1.807, 2.05) is 18.5 Å². The average molecular weight is 261 g/mol.